The minimum Gasteiger partial charge on any atom is -0.358 e. The summed E-state index contributed by atoms with van der Waals surface area (Å²) in [4.78, 5) is 17.8. The van der Waals surface area contributed by atoms with Gasteiger partial charge in [0.2, 0.25) is 0 Å². The zero-order chi connectivity index (χ0) is 15.9. The van der Waals surface area contributed by atoms with Crippen molar-refractivity contribution in [1.29, 1.82) is 0 Å². The van der Waals surface area contributed by atoms with E-state index in [0.29, 0.717) is 0 Å². The number of aryl methyl sites for hydroxylation is 1. The maximum Gasteiger partial charge on any atom is 0.317 e. The van der Waals surface area contributed by atoms with Crippen molar-refractivity contribution in [2.75, 3.05) is 13.1 Å². The SMILES string of the molecule is Cc1ccc2[nH]c3c(c2c1)CCN(C(=O)NC(C)(C)C)CC3. The van der Waals surface area contributed by atoms with Crippen molar-refractivity contribution < 1.29 is 4.79 Å². The van der Waals surface area contributed by atoms with Crippen molar-refractivity contribution >= 4 is 16.9 Å². The van der Waals surface area contributed by atoms with E-state index in [2.05, 4.69) is 35.4 Å². The molecule has 0 bridgehead atoms. The lowest BCUT2D eigenvalue weighted by Crippen LogP contribution is -2.49. The molecule has 4 nitrogen and oxygen atoms in total. The van der Waals surface area contributed by atoms with Crippen LogP contribution in [0.1, 0.15) is 37.6 Å². The predicted octanol–water partition coefficient (Wildman–Crippen LogP) is 3.39. The number of benzene rings is 1. The van der Waals surface area contributed by atoms with E-state index in [0.717, 1.165) is 25.9 Å². The maximum absolute atomic E-state index is 12.4. The molecule has 0 atom stereocenters. The van der Waals surface area contributed by atoms with Gasteiger partial charge in [-0.3, -0.25) is 0 Å². The Labute approximate surface area is 131 Å². The molecule has 0 radical (unpaired) electrons. The third-order valence-electron chi connectivity index (χ3n) is 4.18. The molecule has 0 saturated heterocycles. The number of hydrogen-bond acceptors (Lipinski definition) is 1. The normalized spacial score (nSPS) is 15.5. The zero-order valence-corrected chi connectivity index (χ0v) is 13.9. The molecule has 1 aliphatic heterocycles. The van der Waals surface area contributed by atoms with Gasteiger partial charge in [-0.15, -0.1) is 0 Å². The van der Waals surface area contributed by atoms with Crippen LogP contribution in [0.3, 0.4) is 0 Å². The lowest BCUT2D eigenvalue weighted by molar-refractivity contribution is 0.191. The van der Waals surface area contributed by atoms with E-state index in [-0.39, 0.29) is 11.6 Å². The van der Waals surface area contributed by atoms with Crippen molar-refractivity contribution in [3.8, 4) is 0 Å². The van der Waals surface area contributed by atoms with Crippen LogP contribution in [0.4, 0.5) is 4.79 Å². The first kappa shape index (κ1) is 14.9. The zero-order valence-electron chi connectivity index (χ0n) is 13.9. The van der Waals surface area contributed by atoms with Crippen LogP contribution < -0.4 is 5.32 Å². The molecule has 1 aromatic carbocycles. The van der Waals surface area contributed by atoms with Crippen molar-refractivity contribution in [3.05, 3.63) is 35.0 Å². The van der Waals surface area contributed by atoms with Gasteiger partial charge in [0.15, 0.2) is 0 Å². The molecular weight excluding hydrogens is 274 g/mol. The summed E-state index contributed by atoms with van der Waals surface area (Å²) >= 11 is 0. The van der Waals surface area contributed by atoms with Crippen LogP contribution in [0.5, 0.6) is 0 Å². The highest BCUT2D eigenvalue weighted by molar-refractivity contribution is 5.85. The molecule has 0 aliphatic carbocycles. The summed E-state index contributed by atoms with van der Waals surface area (Å²) in [5.74, 6) is 0. The van der Waals surface area contributed by atoms with Gasteiger partial charge < -0.3 is 15.2 Å². The average Bonchev–Trinajstić information content (AvgIpc) is 2.61. The summed E-state index contributed by atoms with van der Waals surface area (Å²) in [6.07, 6.45) is 1.80. The Hall–Kier alpha value is -1.97. The third-order valence-corrected chi connectivity index (χ3v) is 4.18. The van der Waals surface area contributed by atoms with Gasteiger partial charge in [0.25, 0.3) is 0 Å². The Morgan fingerprint density at radius 2 is 1.95 bits per heavy atom. The molecule has 2 amide bonds. The number of nitrogens with zero attached hydrogens (tertiary/aromatic N) is 1. The number of aromatic nitrogens is 1. The molecule has 22 heavy (non-hydrogen) atoms. The minimum absolute atomic E-state index is 0.0399. The number of urea groups is 1. The molecule has 0 spiro atoms. The highest BCUT2D eigenvalue weighted by atomic mass is 16.2. The minimum atomic E-state index is -0.193. The van der Waals surface area contributed by atoms with Gasteiger partial charge in [0.05, 0.1) is 0 Å². The highest BCUT2D eigenvalue weighted by Gasteiger charge is 2.23. The van der Waals surface area contributed by atoms with Crippen molar-refractivity contribution in [1.82, 2.24) is 15.2 Å². The quantitative estimate of drug-likeness (QED) is 0.769. The average molecular weight is 299 g/mol. The number of amides is 2. The van der Waals surface area contributed by atoms with Gasteiger partial charge in [0.1, 0.15) is 0 Å². The van der Waals surface area contributed by atoms with Gasteiger partial charge in [0, 0.05) is 41.6 Å². The van der Waals surface area contributed by atoms with Gasteiger partial charge >= 0.3 is 6.03 Å². The lowest BCUT2D eigenvalue weighted by atomic mass is 10.1. The molecular formula is C18H25N3O. The van der Waals surface area contributed by atoms with E-state index < -0.39 is 0 Å². The van der Waals surface area contributed by atoms with Crippen molar-refractivity contribution in [3.63, 3.8) is 0 Å². The molecule has 0 unspecified atom stereocenters. The van der Waals surface area contributed by atoms with Crippen LogP contribution in [0, 0.1) is 6.92 Å². The van der Waals surface area contributed by atoms with E-state index >= 15 is 0 Å². The first-order valence-electron chi connectivity index (χ1n) is 8.01. The highest BCUT2D eigenvalue weighted by Crippen LogP contribution is 2.26. The molecule has 0 fully saturated rings. The smallest absolute Gasteiger partial charge is 0.317 e. The molecule has 2 aromatic rings. The topological polar surface area (TPSA) is 48.1 Å². The van der Waals surface area contributed by atoms with Crippen LogP contribution in [-0.4, -0.2) is 34.5 Å². The number of rotatable bonds is 0. The summed E-state index contributed by atoms with van der Waals surface area (Å²) < 4.78 is 0. The summed E-state index contributed by atoms with van der Waals surface area (Å²) in [5, 5.41) is 4.37. The number of fused-ring (bicyclic) bond motifs is 3. The number of carbonyl (C=O) groups excluding carboxylic acids is 1. The lowest BCUT2D eigenvalue weighted by Gasteiger charge is -2.27. The van der Waals surface area contributed by atoms with Crippen LogP contribution in [0.15, 0.2) is 18.2 Å². The maximum atomic E-state index is 12.4. The molecule has 3 rings (SSSR count). The Morgan fingerprint density at radius 1 is 1.23 bits per heavy atom. The molecule has 118 valence electrons. The van der Waals surface area contributed by atoms with Gasteiger partial charge in [-0.1, -0.05) is 11.6 Å². The number of carbonyl (C=O) groups is 1. The molecule has 2 N–H and O–H groups in total. The van der Waals surface area contributed by atoms with Crippen molar-refractivity contribution in [2.24, 2.45) is 0 Å². The first-order valence-corrected chi connectivity index (χ1v) is 8.01. The number of aromatic amines is 1. The monoisotopic (exact) mass is 299 g/mol. The third kappa shape index (κ3) is 2.96. The number of nitrogens with one attached hydrogen (secondary N) is 2. The Kier molecular flexibility index (Phi) is 3.63. The van der Waals surface area contributed by atoms with E-state index in [1.807, 2.05) is 25.7 Å². The number of H-pyrrole nitrogens is 1. The summed E-state index contributed by atoms with van der Waals surface area (Å²) in [6, 6.07) is 6.58. The van der Waals surface area contributed by atoms with Crippen LogP contribution >= 0.6 is 0 Å². The van der Waals surface area contributed by atoms with Gasteiger partial charge in [-0.2, -0.15) is 0 Å². The standard InChI is InChI=1S/C18H25N3O/c1-12-5-6-15-14(11-12)13-7-9-21(10-8-16(13)19-15)17(22)20-18(2,3)4/h5-6,11,19H,7-10H2,1-4H3,(H,20,22). The largest absolute Gasteiger partial charge is 0.358 e. The molecule has 1 aromatic heterocycles. The van der Waals surface area contributed by atoms with Crippen molar-refractivity contribution in [2.45, 2.75) is 46.1 Å². The predicted molar refractivity (Wildman–Crippen MR) is 90.3 cm³/mol. The molecule has 2 heterocycles. The summed E-state index contributed by atoms with van der Waals surface area (Å²) in [7, 11) is 0. The van der Waals surface area contributed by atoms with E-state index in [1.54, 1.807) is 0 Å². The summed E-state index contributed by atoms with van der Waals surface area (Å²) in [5.41, 5.74) is 4.96. The van der Waals surface area contributed by atoms with Crippen LogP contribution in [0.2, 0.25) is 0 Å². The van der Waals surface area contributed by atoms with E-state index in [4.69, 9.17) is 0 Å². The van der Waals surface area contributed by atoms with Gasteiger partial charge in [-0.05, 0) is 51.8 Å². The fourth-order valence-corrected chi connectivity index (χ4v) is 3.12. The van der Waals surface area contributed by atoms with Crippen LogP contribution in [0.25, 0.3) is 10.9 Å². The molecule has 4 heteroatoms. The first-order chi connectivity index (χ1) is 10.3. The Balaban J connectivity index is 1.81. The second-order valence-electron chi connectivity index (χ2n) is 7.30. The fourth-order valence-electron chi connectivity index (χ4n) is 3.12. The molecule has 0 saturated carbocycles. The van der Waals surface area contributed by atoms with Gasteiger partial charge in [-0.25, -0.2) is 4.79 Å². The van der Waals surface area contributed by atoms with Crippen LogP contribution in [-0.2, 0) is 12.8 Å². The second-order valence-corrected chi connectivity index (χ2v) is 7.30. The fraction of sp³-hybridized carbons (Fsp3) is 0.500. The van der Waals surface area contributed by atoms with E-state index in [9.17, 15) is 4.79 Å². The second kappa shape index (κ2) is 5.34. The Morgan fingerprint density at radius 3 is 2.68 bits per heavy atom. The molecule has 1 aliphatic rings. The number of hydrogen-bond donors (Lipinski definition) is 2. The van der Waals surface area contributed by atoms with E-state index in [1.165, 1.54) is 27.7 Å². The Bertz CT molecular complexity index is 709. The summed E-state index contributed by atoms with van der Waals surface area (Å²) in [6.45, 7) is 9.71.